The number of carbonyl (C=O) groups is 10. The number of amides is 8. The SMILES string of the molecule is CC[C@@]1(O)C(=O)OCc2c1cc1n(c2=O)Cc2c-1nc1cc(F)c(C)c3c1c2[C@H](NC(=O)[C@H](OCNC(=O)CNC(=O)[C@H](Cc1ccccc1)NC(=O)CNC(=O)CNC(=O)[C@@H](CNCC(=O)O)N1C(=O)C=CC1=O)C(F)(F)F)CC3. The van der Waals surface area contributed by atoms with Crippen LogP contribution < -0.4 is 42.8 Å². The fourth-order valence-corrected chi connectivity index (χ4v) is 9.99. The molecule has 2 aromatic carbocycles. The number of carboxylic acids is 1. The molecule has 3 aliphatic heterocycles. The Morgan fingerprint density at radius 2 is 1.53 bits per heavy atom. The number of aliphatic carboxylic acids is 1. The molecule has 0 bridgehead atoms. The van der Waals surface area contributed by atoms with Crippen LogP contribution in [0, 0.1) is 12.7 Å². The highest BCUT2D eigenvalue weighted by Crippen LogP contribution is 2.46. The first-order valence-corrected chi connectivity index (χ1v) is 25.1. The minimum absolute atomic E-state index is 0.000968. The third-order valence-corrected chi connectivity index (χ3v) is 14.0. The Morgan fingerprint density at radius 1 is 0.864 bits per heavy atom. The van der Waals surface area contributed by atoms with Crippen LogP contribution in [0.15, 0.2) is 59.4 Å². The van der Waals surface area contributed by atoms with Gasteiger partial charge in [-0.05, 0) is 54.5 Å². The Bertz CT molecular complexity index is 3370. The number of pyridine rings is 2. The van der Waals surface area contributed by atoms with E-state index in [1.807, 2.05) is 5.32 Å². The number of hydrogen-bond donors (Lipinski definition) is 9. The van der Waals surface area contributed by atoms with E-state index in [2.05, 4.69) is 31.9 Å². The largest absolute Gasteiger partial charge is 0.480 e. The molecule has 5 atom stereocenters. The minimum atomic E-state index is -5.36. The number of carboxylic acid groups (broad SMARTS) is 1. The number of aliphatic hydroxyl groups is 1. The lowest BCUT2D eigenvalue weighted by molar-refractivity contribution is -0.220. The summed E-state index contributed by atoms with van der Waals surface area (Å²) < 4.78 is 70.8. The van der Waals surface area contributed by atoms with Gasteiger partial charge in [0.15, 0.2) is 5.60 Å². The van der Waals surface area contributed by atoms with Crippen molar-refractivity contribution in [2.24, 2.45) is 0 Å². The molecule has 0 unspecified atom stereocenters. The maximum atomic E-state index is 15.4. The molecule has 0 saturated heterocycles. The van der Waals surface area contributed by atoms with Gasteiger partial charge in [0.05, 0.1) is 61.2 Å². The summed E-state index contributed by atoms with van der Waals surface area (Å²) in [6, 6.07) is 6.52. The smallest absolute Gasteiger partial charge is 0.423 e. The third-order valence-electron chi connectivity index (χ3n) is 14.0. The number of fused-ring (bicyclic) bond motifs is 5. The van der Waals surface area contributed by atoms with Gasteiger partial charge in [-0.2, -0.15) is 13.2 Å². The van der Waals surface area contributed by atoms with Crippen molar-refractivity contribution < 1.29 is 85.2 Å². The molecule has 1 aliphatic carbocycles. The first-order valence-electron chi connectivity index (χ1n) is 25.1. The maximum Gasteiger partial charge on any atom is 0.423 e. The van der Waals surface area contributed by atoms with Gasteiger partial charge in [-0.3, -0.25) is 52.8 Å². The molecule has 8 rings (SSSR count). The second-order valence-electron chi connectivity index (χ2n) is 19.2. The monoisotopic (exact) mass is 1130 g/mol. The number of esters is 1. The van der Waals surface area contributed by atoms with Crippen molar-refractivity contribution in [2.45, 2.75) is 88.7 Å². The zero-order valence-electron chi connectivity index (χ0n) is 43.0. The van der Waals surface area contributed by atoms with Gasteiger partial charge >= 0.3 is 18.1 Å². The van der Waals surface area contributed by atoms with Crippen molar-refractivity contribution in [2.75, 3.05) is 39.5 Å². The van der Waals surface area contributed by atoms with Crippen molar-refractivity contribution in [3.8, 4) is 11.4 Å². The highest BCUT2D eigenvalue weighted by atomic mass is 19.4. The second kappa shape index (κ2) is 23.8. The summed E-state index contributed by atoms with van der Waals surface area (Å²) in [6.07, 6.45) is -7.03. The van der Waals surface area contributed by atoms with E-state index in [1.165, 1.54) is 24.5 Å². The topological polar surface area (TPSA) is 352 Å². The number of ether oxygens (including phenoxy) is 2. The van der Waals surface area contributed by atoms with E-state index >= 15 is 4.39 Å². The lowest BCUT2D eigenvalue weighted by Crippen LogP contribution is -2.56. The fourth-order valence-electron chi connectivity index (χ4n) is 9.99. The van der Waals surface area contributed by atoms with Gasteiger partial charge < -0.3 is 61.5 Å². The van der Waals surface area contributed by atoms with E-state index in [9.17, 15) is 71.0 Å². The molecule has 0 radical (unpaired) electrons. The molecule has 0 spiro atoms. The van der Waals surface area contributed by atoms with Gasteiger partial charge in [0.2, 0.25) is 35.6 Å². The van der Waals surface area contributed by atoms with Crippen molar-refractivity contribution in [1.29, 1.82) is 0 Å². The molecule has 25 nitrogen and oxygen atoms in total. The third kappa shape index (κ3) is 12.3. The van der Waals surface area contributed by atoms with Gasteiger partial charge in [-0.25, -0.2) is 14.2 Å². The summed E-state index contributed by atoms with van der Waals surface area (Å²) in [7, 11) is 0. The zero-order valence-corrected chi connectivity index (χ0v) is 43.0. The molecule has 2 aromatic heterocycles. The summed E-state index contributed by atoms with van der Waals surface area (Å²) in [5, 5.41) is 36.5. The van der Waals surface area contributed by atoms with Gasteiger partial charge in [0.25, 0.3) is 23.3 Å². The van der Waals surface area contributed by atoms with Gasteiger partial charge in [-0.1, -0.05) is 37.3 Å². The van der Waals surface area contributed by atoms with E-state index in [-0.39, 0.29) is 71.4 Å². The lowest BCUT2D eigenvalue weighted by atomic mass is 9.81. The Balaban J connectivity index is 0.885. The van der Waals surface area contributed by atoms with Crippen LogP contribution in [0.2, 0.25) is 0 Å². The van der Waals surface area contributed by atoms with Crippen LogP contribution in [0.5, 0.6) is 0 Å². The first kappa shape index (κ1) is 58.2. The average Bonchev–Trinajstić information content (AvgIpc) is 2.31. The highest BCUT2D eigenvalue weighted by Gasteiger charge is 2.49. The second-order valence-corrected chi connectivity index (χ2v) is 19.2. The molecule has 5 heterocycles. The quantitative estimate of drug-likeness (QED) is 0.0168. The number of halogens is 4. The summed E-state index contributed by atoms with van der Waals surface area (Å²) in [5.41, 5.74) is -0.720. The Kier molecular flexibility index (Phi) is 17.1. The van der Waals surface area contributed by atoms with Crippen LogP contribution in [-0.2, 0) is 89.0 Å². The molecule has 0 saturated carbocycles. The van der Waals surface area contributed by atoms with Crippen LogP contribution in [-0.4, -0.2) is 148 Å². The van der Waals surface area contributed by atoms with Crippen molar-refractivity contribution in [3.05, 3.63) is 110 Å². The number of benzene rings is 2. The molecule has 8 amide bonds. The average molecular weight is 1130 g/mol. The van der Waals surface area contributed by atoms with Crippen molar-refractivity contribution >= 4 is 70.1 Å². The van der Waals surface area contributed by atoms with E-state index < -0.39 is 153 Å². The van der Waals surface area contributed by atoms with E-state index in [4.69, 9.17) is 19.6 Å². The predicted molar refractivity (Wildman–Crippen MR) is 269 cm³/mol. The number of imide groups is 1. The van der Waals surface area contributed by atoms with E-state index in [0.29, 0.717) is 27.0 Å². The Hall–Kier alpha value is -8.96. The Labute approximate surface area is 455 Å². The number of aromatic nitrogens is 2. The number of carbonyl (C=O) groups excluding carboxylic acids is 9. The lowest BCUT2D eigenvalue weighted by Gasteiger charge is -2.31. The normalized spacial score (nSPS) is 17.9. The number of alkyl halides is 3. The van der Waals surface area contributed by atoms with Crippen LogP contribution in [0.1, 0.15) is 64.8 Å². The number of rotatable bonds is 22. The number of nitrogens with one attached hydrogen (secondary N) is 7. The van der Waals surface area contributed by atoms with Crippen LogP contribution >= 0.6 is 0 Å². The maximum absolute atomic E-state index is 15.4. The van der Waals surface area contributed by atoms with Gasteiger partial charge in [-0.15, -0.1) is 0 Å². The molecule has 9 N–H and O–H groups in total. The summed E-state index contributed by atoms with van der Waals surface area (Å²) in [4.78, 5) is 146. The fraction of sp³-hybridized carbons (Fsp3) is 0.385. The number of nitrogens with zero attached hydrogens (tertiary/aromatic N) is 3. The molecule has 29 heteroatoms. The van der Waals surface area contributed by atoms with E-state index in [1.54, 1.807) is 30.3 Å². The molecule has 4 aromatic rings. The van der Waals surface area contributed by atoms with Crippen LogP contribution in [0.4, 0.5) is 17.6 Å². The van der Waals surface area contributed by atoms with Crippen molar-refractivity contribution in [3.63, 3.8) is 0 Å². The molecule has 81 heavy (non-hydrogen) atoms. The Morgan fingerprint density at radius 3 is 2.20 bits per heavy atom. The summed E-state index contributed by atoms with van der Waals surface area (Å²) >= 11 is 0. The summed E-state index contributed by atoms with van der Waals surface area (Å²) in [6.45, 7) is -2.34. The van der Waals surface area contributed by atoms with Crippen LogP contribution in [0.25, 0.3) is 22.3 Å². The number of hydrogen-bond acceptors (Lipinski definition) is 16. The van der Waals surface area contributed by atoms with Crippen LogP contribution in [0.3, 0.4) is 0 Å². The zero-order chi connectivity index (χ0) is 58.7. The molecule has 428 valence electrons. The molecular weight excluding hydrogens is 1080 g/mol. The first-order chi connectivity index (χ1) is 38.4. The highest BCUT2D eigenvalue weighted by molar-refractivity contribution is 6.15. The number of aryl methyl sites for hydroxylation is 1. The molecule has 4 aliphatic rings. The molecular formula is C52H52F4N10O15. The van der Waals surface area contributed by atoms with Gasteiger partial charge in [0, 0.05) is 47.7 Å². The standard InChI is InChI=1S/C52H52F4N10O15/c1-3-51(79)29-14-34-44-27(21-65(34)49(77)28(29)22-80-50(51)78)43-31(10-9-26-24(2)30(53)15-32(63-44)42(26)43)64-48(76)45(52(54,55)56)81-23-61-37(68)18-59-46(74)33(13-25-7-5-4-6-8-25)62-38(69)19-58-36(67)17-60-47(75)35(16-57-20-41(72)73)66-39(70)11-12-40(66)71/h4-8,11-12,14-15,31,33,35,45,57,79H,3,9-10,13,16-23H2,1-2H3,(H,58,67)(H,59,74)(H,60,75)(H,61,68)(H,62,69)(H,64,76)(H,72,73)/t31-,33+,35-,45+,51+/m1/s1. The van der Waals surface area contributed by atoms with E-state index in [0.717, 1.165) is 18.2 Å². The van der Waals surface area contributed by atoms with Gasteiger partial charge in [0.1, 0.15) is 31.2 Å². The predicted octanol–water partition coefficient (Wildman–Crippen LogP) is -1.30. The van der Waals surface area contributed by atoms with Crippen molar-refractivity contribution in [1.82, 2.24) is 51.7 Å². The summed E-state index contributed by atoms with van der Waals surface area (Å²) in [5.74, 6) is -11.3. The molecule has 0 fully saturated rings. The number of cyclic esters (lactones) is 1. The minimum Gasteiger partial charge on any atom is -0.480 e.